The Morgan fingerprint density at radius 2 is 1.34 bits per heavy atom. The number of benzene rings is 6. The average molecular weight is 619 g/mol. The fraction of sp³-hybridized carbons (Fsp3) is 0.0682. The normalized spacial score (nSPS) is 12.8. The van der Waals surface area contributed by atoms with Crippen LogP contribution < -0.4 is 10.6 Å². The van der Waals surface area contributed by atoms with Gasteiger partial charge in [0, 0.05) is 46.9 Å². The van der Waals surface area contributed by atoms with E-state index in [0.717, 1.165) is 34.2 Å². The number of hydrogen-bond acceptors (Lipinski definition) is 2. The number of aromatic nitrogens is 1. The molecule has 3 heteroatoms. The molecule has 0 saturated heterocycles. The van der Waals surface area contributed by atoms with Gasteiger partial charge in [-0.3, -0.25) is 0 Å². The van der Waals surface area contributed by atoms with Gasteiger partial charge >= 0.3 is 0 Å². The lowest BCUT2D eigenvalue weighted by atomic mass is 9.93. The summed E-state index contributed by atoms with van der Waals surface area (Å²) in [5, 5.41) is 19.1. The first kappa shape index (κ1) is 27.6. The minimum atomic E-state index is 0.663. The highest BCUT2D eigenvalue weighted by atomic mass is 32.1. The van der Waals surface area contributed by atoms with E-state index in [4.69, 9.17) is 0 Å². The largest absolute Gasteiger partial charge is 0.308 e. The number of para-hydroxylation sites is 1. The van der Waals surface area contributed by atoms with Crippen LogP contribution in [-0.4, -0.2) is 4.40 Å². The number of rotatable bonds is 4. The Kier molecular flexibility index (Phi) is 6.28. The van der Waals surface area contributed by atoms with Crippen LogP contribution >= 0.6 is 11.3 Å². The lowest BCUT2D eigenvalue weighted by molar-refractivity contribution is 1.18. The van der Waals surface area contributed by atoms with Gasteiger partial charge in [-0.25, -0.2) is 0 Å². The van der Waals surface area contributed by atoms with Gasteiger partial charge in [-0.1, -0.05) is 91.9 Å². The maximum Gasteiger partial charge on any atom is 0.0992 e. The Morgan fingerprint density at radius 3 is 2.15 bits per heavy atom. The summed E-state index contributed by atoms with van der Waals surface area (Å²) in [6.07, 6.45) is 5.58. The minimum Gasteiger partial charge on any atom is -0.308 e. The standard InChI is InChI=1S/C44H30N2S/c1-3-11-40-33(4-2)38-24-31(25-39-35-14-5-7-18-41(35)46(40)43(38)39)29-13-9-12-28(22-29)30-20-27(26-45)21-32(23-30)34-16-10-17-37-36-15-6-8-19-42(36)47-44(34)37/h4-25H,3H2,1-2H3/b33-4-,40-11+. The first-order chi connectivity index (χ1) is 23.2. The molecule has 0 amide bonds. The number of fused-ring (bicyclic) bond motifs is 6. The Hall–Kier alpha value is -5.69. The summed E-state index contributed by atoms with van der Waals surface area (Å²) in [6, 6.07) is 46.1. The van der Waals surface area contributed by atoms with Crippen molar-refractivity contribution < 1.29 is 0 Å². The van der Waals surface area contributed by atoms with E-state index in [-0.39, 0.29) is 0 Å². The molecule has 0 atom stereocenters. The third kappa shape index (κ3) is 4.16. The van der Waals surface area contributed by atoms with Crippen molar-refractivity contribution in [1.82, 2.24) is 4.40 Å². The van der Waals surface area contributed by atoms with Crippen LogP contribution in [0.2, 0.25) is 0 Å². The zero-order valence-electron chi connectivity index (χ0n) is 26.2. The van der Waals surface area contributed by atoms with Crippen LogP contribution in [0.4, 0.5) is 0 Å². The first-order valence-electron chi connectivity index (χ1n) is 16.2. The van der Waals surface area contributed by atoms with Crippen molar-refractivity contribution >= 4 is 70.9 Å². The molecule has 3 aromatic heterocycles. The third-order valence-electron chi connectivity index (χ3n) is 9.57. The summed E-state index contributed by atoms with van der Waals surface area (Å²) in [5.74, 6) is 0. The van der Waals surface area contributed by atoms with Crippen LogP contribution in [0.5, 0.6) is 0 Å². The summed E-state index contributed by atoms with van der Waals surface area (Å²) in [7, 11) is 0. The molecule has 222 valence electrons. The molecule has 0 N–H and O–H groups in total. The molecule has 0 aliphatic carbocycles. The molecule has 47 heavy (non-hydrogen) atoms. The fourth-order valence-corrected chi connectivity index (χ4v) is 8.78. The first-order valence-corrected chi connectivity index (χ1v) is 17.0. The molecule has 0 aliphatic rings. The van der Waals surface area contributed by atoms with Crippen LogP contribution in [-0.2, 0) is 0 Å². The van der Waals surface area contributed by atoms with Crippen molar-refractivity contribution in [1.29, 1.82) is 5.26 Å². The van der Waals surface area contributed by atoms with Crippen LogP contribution in [0.25, 0.3) is 92.9 Å². The van der Waals surface area contributed by atoms with E-state index in [9.17, 15) is 5.26 Å². The summed E-state index contributed by atoms with van der Waals surface area (Å²) in [5.41, 5.74) is 9.94. The Morgan fingerprint density at radius 1 is 0.660 bits per heavy atom. The minimum absolute atomic E-state index is 0.663. The monoisotopic (exact) mass is 618 g/mol. The molecule has 0 bridgehead atoms. The molecule has 0 spiro atoms. The fourth-order valence-electron chi connectivity index (χ4n) is 7.54. The zero-order chi connectivity index (χ0) is 31.6. The lowest BCUT2D eigenvalue weighted by Crippen LogP contribution is -2.25. The second kappa shape index (κ2) is 10.7. The van der Waals surface area contributed by atoms with Crippen molar-refractivity contribution in [3.8, 4) is 39.4 Å². The van der Waals surface area contributed by atoms with E-state index in [1.165, 1.54) is 63.5 Å². The number of hydrogen-bond donors (Lipinski definition) is 0. The molecule has 0 saturated carbocycles. The van der Waals surface area contributed by atoms with Gasteiger partial charge in [0.2, 0.25) is 0 Å². The van der Waals surface area contributed by atoms with Gasteiger partial charge in [-0.2, -0.15) is 5.26 Å². The highest BCUT2D eigenvalue weighted by molar-refractivity contribution is 7.26. The maximum absolute atomic E-state index is 10.1. The quantitative estimate of drug-likeness (QED) is 0.193. The topological polar surface area (TPSA) is 28.2 Å². The van der Waals surface area contributed by atoms with Crippen LogP contribution in [0, 0.1) is 11.3 Å². The molecule has 0 unspecified atom stereocenters. The van der Waals surface area contributed by atoms with Gasteiger partial charge in [-0.05, 0) is 95.3 Å². The van der Waals surface area contributed by atoms with Crippen molar-refractivity contribution in [2.24, 2.45) is 0 Å². The van der Waals surface area contributed by atoms with Gasteiger partial charge in [0.1, 0.15) is 0 Å². The van der Waals surface area contributed by atoms with Crippen molar-refractivity contribution in [2.75, 3.05) is 0 Å². The molecule has 0 radical (unpaired) electrons. The molecule has 9 aromatic rings. The van der Waals surface area contributed by atoms with Crippen LogP contribution in [0.15, 0.2) is 121 Å². The molecule has 6 aromatic carbocycles. The Balaban J connectivity index is 1.24. The lowest BCUT2D eigenvalue weighted by Gasteiger charge is -2.11. The van der Waals surface area contributed by atoms with Gasteiger partial charge in [0.15, 0.2) is 0 Å². The van der Waals surface area contributed by atoms with E-state index in [1.807, 2.05) is 23.5 Å². The molecular weight excluding hydrogens is 589 g/mol. The van der Waals surface area contributed by atoms with Gasteiger partial charge < -0.3 is 4.40 Å². The Labute approximate surface area is 276 Å². The van der Waals surface area contributed by atoms with Gasteiger partial charge in [-0.15, -0.1) is 11.3 Å². The average Bonchev–Trinajstić information content (AvgIpc) is 3.77. The zero-order valence-corrected chi connectivity index (χ0v) is 27.0. The smallest absolute Gasteiger partial charge is 0.0992 e. The maximum atomic E-state index is 10.1. The number of nitriles is 1. The molecule has 3 heterocycles. The third-order valence-corrected chi connectivity index (χ3v) is 10.8. The van der Waals surface area contributed by atoms with Gasteiger partial charge in [0.25, 0.3) is 0 Å². The summed E-state index contributed by atoms with van der Waals surface area (Å²) < 4.78 is 4.98. The molecular formula is C44H30N2S. The van der Waals surface area contributed by atoms with Crippen molar-refractivity contribution in [3.63, 3.8) is 0 Å². The van der Waals surface area contributed by atoms with E-state index in [0.29, 0.717) is 5.56 Å². The molecule has 0 fully saturated rings. The number of thiophene rings is 1. The van der Waals surface area contributed by atoms with E-state index in [2.05, 4.69) is 146 Å². The van der Waals surface area contributed by atoms with E-state index >= 15 is 0 Å². The predicted octanol–water partition coefficient (Wildman–Crippen LogP) is 10.9. The van der Waals surface area contributed by atoms with Crippen molar-refractivity contribution in [2.45, 2.75) is 20.3 Å². The highest BCUT2D eigenvalue weighted by Crippen LogP contribution is 2.41. The summed E-state index contributed by atoms with van der Waals surface area (Å²) in [6.45, 7) is 4.35. The molecule has 2 nitrogen and oxygen atoms in total. The molecule has 9 rings (SSSR count). The van der Waals surface area contributed by atoms with Crippen molar-refractivity contribution in [3.05, 3.63) is 137 Å². The predicted molar refractivity (Wildman–Crippen MR) is 202 cm³/mol. The van der Waals surface area contributed by atoms with Crippen LogP contribution in [0.1, 0.15) is 25.8 Å². The number of nitrogens with zero attached hydrogens (tertiary/aromatic N) is 2. The second-order valence-corrected chi connectivity index (χ2v) is 13.3. The van der Waals surface area contributed by atoms with E-state index < -0.39 is 0 Å². The Bertz CT molecular complexity index is 2860. The second-order valence-electron chi connectivity index (χ2n) is 12.2. The highest BCUT2D eigenvalue weighted by Gasteiger charge is 2.18. The van der Waals surface area contributed by atoms with E-state index in [1.54, 1.807) is 0 Å². The molecule has 0 aliphatic heterocycles. The SMILES string of the molecule is C/C=c1\c(=C/CC)n2c3ccccc3c3cc(-c4cccc(-c5cc(C#N)cc(-c6cccc7c6sc6ccccc67)c5)c4)cc1c32. The van der Waals surface area contributed by atoms with Gasteiger partial charge in [0.05, 0.1) is 22.7 Å². The summed E-state index contributed by atoms with van der Waals surface area (Å²) in [4.78, 5) is 0. The van der Waals surface area contributed by atoms with Crippen LogP contribution in [0.3, 0.4) is 0 Å². The summed E-state index contributed by atoms with van der Waals surface area (Å²) >= 11 is 1.82.